The van der Waals surface area contributed by atoms with Gasteiger partial charge in [-0.1, -0.05) is 56.1 Å². The molecule has 4 rings (SSSR count). The number of ether oxygens (including phenoxy) is 1. The molecule has 32 heavy (non-hydrogen) atoms. The molecule has 0 bridgehead atoms. The van der Waals surface area contributed by atoms with Gasteiger partial charge < -0.3 is 9.57 Å². The van der Waals surface area contributed by atoms with Gasteiger partial charge in [-0.05, 0) is 78.9 Å². The highest BCUT2D eigenvalue weighted by Gasteiger charge is 2.23. The Kier molecular flexibility index (Phi) is 6.86. The van der Waals surface area contributed by atoms with Gasteiger partial charge in [0.1, 0.15) is 5.75 Å². The summed E-state index contributed by atoms with van der Waals surface area (Å²) in [6.45, 7) is 2.11. The van der Waals surface area contributed by atoms with Gasteiger partial charge in [0, 0.05) is 14.5 Å². The van der Waals surface area contributed by atoms with E-state index in [9.17, 15) is 9.59 Å². The van der Waals surface area contributed by atoms with Crippen LogP contribution in [-0.4, -0.2) is 17.7 Å². The van der Waals surface area contributed by atoms with E-state index in [0.29, 0.717) is 34.9 Å². The van der Waals surface area contributed by atoms with Crippen LogP contribution in [0.15, 0.2) is 80.8 Å². The van der Waals surface area contributed by atoms with E-state index in [4.69, 9.17) is 9.57 Å². The van der Waals surface area contributed by atoms with Gasteiger partial charge in [-0.2, -0.15) is 0 Å². The van der Waals surface area contributed by atoms with E-state index in [-0.39, 0.29) is 0 Å². The second kappa shape index (κ2) is 9.79. The third-order valence-electron chi connectivity index (χ3n) is 5.07. The first-order chi connectivity index (χ1) is 15.4. The fourth-order valence-corrected chi connectivity index (χ4v) is 4.40. The first-order valence-electron chi connectivity index (χ1n) is 10.0. The van der Waals surface area contributed by atoms with Crippen molar-refractivity contribution in [3.63, 3.8) is 0 Å². The Morgan fingerprint density at radius 1 is 0.875 bits per heavy atom. The van der Waals surface area contributed by atoms with E-state index in [1.807, 2.05) is 24.3 Å². The number of benzene rings is 3. The van der Waals surface area contributed by atoms with E-state index < -0.39 is 11.9 Å². The topological polar surface area (TPSA) is 65.0 Å². The van der Waals surface area contributed by atoms with E-state index in [1.54, 1.807) is 42.5 Å². The molecule has 0 spiro atoms. The molecule has 0 aromatic heterocycles. The number of hydrogen-bond acceptors (Lipinski definition) is 5. The summed E-state index contributed by atoms with van der Waals surface area (Å²) in [7, 11) is 0. The molecule has 0 heterocycles. The van der Waals surface area contributed by atoms with Crippen LogP contribution in [0.2, 0.25) is 0 Å². The van der Waals surface area contributed by atoms with E-state index in [0.717, 1.165) is 26.5 Å². The van der Waals surface area contributed by atoms with E-state index >= 15 is 0 Å². The molecule has 1 aliphatic carbocycles. The summed E-state index contributed by atoms with van der Waals surface area (Å²) in [4.78, 5) is 30.1. The maximum atomic E-state index is 12.5. The van der Waals surface area contributed by atoms with Crippen LogP contribution >= 0.6 is 31.9 Å². The Labute approximate surface area is 202 Å². The minimum absolute atomic E-state index is 0.307. The molecule has 0 unspecified atom stereocenters. The number of carbonyl (C=O) groups is 2. The summed E-state index contributed by atoms with van der Waals surface area (Å²) in [5, 5.41) is 4.17. The number of halogens is 2. The first kappa shape index (κ1) is 22.4. The number of esters is 1. The molecule has 1 atom stereocenters. The predicted octanol–water partition coefficient (Wildman–Crippen LogP) is 6.57. The van der Waals surface area contributed by atoms with Gasteiger partial charge in [0.2, 0.25) is 0 Å². The van der Waals surface area contributed by atoms with Crippen LogP contribution in [0.5, 0.6) is 5.75 Å². The van der Waals surface area contributed by atoms with Crippen LogP contribution < -0.4 is 4.74 Å². The highest BCUT2D eigenvalue weighted by Crippen LogP contribution is 2.30. The van der Waals surface area contributed by atoms with Gasteiger partial charge in [0.15, 0.2) is 0 Å². The molecule has 0 radical (unpaired) electrons. The summed E-state index contributed by atoms with van der Waals surface area (Å²) in [5.74, 6) is -0.166. The molecule has 3 aromatic rings. The lowest BCUT2D eigenvalue weighted by molar-refractivity contribution is 0.0514. The summed E-state index contributed by atoms with van der Waals surface area (Å²) < 4.78 is 7.17. The van der Waals surface area contributed by atoms with Crippen molar-refractivity contribution in [2.24, 2.45) is 11.1 Å². The largest absolute Gasteiger partial charge is 0.423 e. The van der Waals surface area contributed by atoms with Crippen LogP contribution in [0.4, 0.5) is 0 Å². The minimum atomic E-state index is -0.516. The summed E-state index contributed by atoms with van der Waals surface area (Å²) >= 11 is 6.71. The van der Waals surface area contributed by atoms with Crippen molar-refractivity contribution in [1.82, 2.24) is 0 Å². The SMILES string of the molecule is C[C@@H]1C/C(=N/OC(=O)c2cccc(Br)c2)c2ccc(OC(=O)c3cccc(Br)c3)cc2C1. The third kappa shape index (κ3) is 5.34. The van der Waals surface area contributed by atoms with Crippen molar-refractivity contribution >= 4 is 49.5 Å². The number of rotatable bonds is 4. The third-order valence-corrected chi connectivity index (χ3v) is 6.05. The van der Waals surface area contributed by atoms with Crippen molar-refractivity contribution in [2.45, 2.75) is 19.8 Å². The van der Waals surface area contributed by atoms with Crippen LogP contribution in [0.3, 0.4) is 0 Å². The molecule has 1 aliphatic rings. The molecule has 7 heteroatoms. The fraction of sp³-hybridized carbons (Fsp3) is 0.160. The lowest BCUT2D eigenvalue weighted by Crippen LogP contribution is -2.20. The smallest absolute Gasteiger partial charge is 0.365 e. The molecule has 162 valence electrons. The molecule has 0 fully saturated rings. The van der Waals surface area contributed by atoms with E-state index in [2.05, 4.69) is 43.9 Å². The molecule has 0 N–H and O–H groups in total. The molecule has 0 saturated heterocycles. The minimum Gasteiger partial charge on any atom is -0.423 e. The summed E-state index contributed by atoms with van der Waals surface area (Å²) in [6.07, 6.45) is 1.51. The molecule has 0 saturated carbocycles. The predicted molar refractivity (Wildman–Crippen MR) is 129 cm³/mol. The number of oxime groups is 1. The van der Waals surface area contributed by atoms with Gasteiger partial charge in [-0.15, -0.1) is 0 Å². The standard InChI is InChI=1S/C25H19Br2NO4/c1-15-10-18-14-21(31-24(29)16-4-2-6-19(26)12-16)8-9-22(18)23(11-15)28-32-25(30)17-5-3-7-20(27)13-17/h2-9,12-15H,10-11H2,1H3/b28-23-/t15-/m0/s1. The monoisotopic (exact) mass is 555 g/mol. The average molecular weight is 557 g/mol. The highest BCUT2D eigenvalue weighted by atomic mass is 79.9. The maximum Gasteiger partial charge on any atom is 0.365 e. The lowest BCUT2D eigenvalue weighted by atomic mass is 9.83. The van der Waals surface area contributed by atoms with Crippen LogP contribution in [0, 0.1) is 5.92 Å². The van der Waals surface area contributed by atoms with Crippen molar-refractivity contribution in [3.8, 4) is 5.75 Å². The van der Waals surface area contributed by atoms with Crippen molar-refractivity contribution in [3.05, 3.63) is 97.9 Å². The molecule has 0 aliphatic heterocycles. The van der Waals surface area contributed by atoms with Gasteiger partial charge >= 0.3 is 11.9 Å². The zero-order valence-electron chi connectivity index (χ0n) is 17.2. The number of nitrogens with zero attached hydrogens (tertiary/aromatic N) is 1. The number of carbonyl (C=O) groups excluding carboxylic acids is 2. The van der Waals surface area contributed by atoms with Crippen molar-refractivity contribution < 1.29 is 19.2 Å². The van der Waals surface area contributed by atoms with Crippen molar-refractivity contribution in [2.75, 3.05) is 0 Å². The Balaban J connectivity index is 1.53. The van der Waals surface area contributed by atoms with Gasteiger partial charge in [-0.25, -0.2) is 9.59 Å². The lowest BCUT2D eigenvalue weighted by Gasteiger charge is -2.23. The van der Waals surface area contributed by atoms with Crippen LogP contribution in [-0.2, 0) is 11.3 Å². The first-order valence-corrected chi connectivity index (χ1v) is 11.6. The Bertz CT molecular complexity index is 1220. The number of hydrogen-bond donors (Lipinski definition) is 0. The van der Waals surface area contributed by atoms with E-state index in [1.165, 1.54) is 0 Å². The molecule has 0 amide bonds. The fourth-order valence-electron chi connectivity index (χ4n) is 3.60. The van der Waals surface area contributed by atoms with Crippen LogP contribution in [0.25, 0.3) is 0 Å². The van der Waals surface area contributed by atoms with Crippen LogP contribution in [0.1, 0.15) is 45.2 Å². The summed E-state index contributed by atoms with van der Waals surface area (Å²) in [5.41, 5.74) is 3.48. The molecular weight excluding hydrogens is 538 g/mol. The zero-order valence-corrected chi connectivity index (χ0v) is 20.4. The highest BCUT2D eigenvalue weighted by molar-refractivity contribution is 9.10. The van der Waals surface area contributed by atoms with Gasteiger partial charge in [0.25, 0.3) is 0 Å². The Hall–Kier alpha value is -2.77. The van der Waals surface area contributed by atoms with Gasteiger partial charge in [-0.3, -0.25) is 0 Å². The number of fused-ring (bicyclic) bond motifs is 1. The second-order valence-electron chi connectivity index (χ2n) is 7.66. The average Bonchev–Trinajstić information content (AvgIpc) is 2.77. The quantitative estimate of drug-likeness (QED) is 0.158. The van der Waals surface area contributed by atoms with Gasteiger partial charge in [0.05, 0.1) is 16.8 Å². The summed E-state index contributed by atoms with van der Waals surface area (Å²) in [6, 6.07) is 19.5. The van der Waals surface area contributed by atoms with Crippen molar-refractivity contribution in [1.29, 1.82) is 0 Å². The molecular formula is C25H19Br2NO4. The molecule has 3 aromatic carbocycles. The second-order valence-corrected chi connectivity index (χ2v) is 9.49. The normalized spacial score (nSPS) is 16.3. The Morgan fingerprint density at radius 2 is 1.53 bits per heavy atom. The molecule has 5 nitrogen and oxygen atoms in total. The maximum absolute atomic E-state index is 12.5. The zero-order chi connectivity index (χ0) is 22.7. The Morgan fingerprint density at radius 3 is 2.19 bits per heavy atom.